The number of aliphatic hydroxyl groups excluding tert-OH is 2. The Bertz CT molecular complexity index is 986. The predicted octanol–water partition coefficient (Wildman–Crippen LogP) is 18.5. The third-order valence-corrected chi connectivity index (χ3v) is 14.1. The van der Waals surface area contributed by atoms with Crippen LogP contribution in [0.1, 0.15) is 335 Å². The molecule has 392 valence electrons. The van der Waals surface area contributed by atoms with Crippen LogP contribution in [0.5, 0.6) is 0 Å². The third kappa shape index (κ3) is 52.0. The van der Waals surface area contributed by atoms with Gasteiger partial charge in [0.05, 0.1) is 25.4 Å². The second-order valence-corrected chi connectivity index (χ2v) is 20.7. The molecule has 0 aromatic heterocycles. The van der Waals surface area contributed by atoms with Gasteiger partial charge in [-0.05, 0) is 51.4 Å². The van der Waals surface area contributed by atoms with Crippen LogP contribution in [0.15, 0.2) is 12.2 Å². The van der Waals surface area contributed by atoms with Crippen LogP contribution in [0.25, 0.3) is 0 Å². The molecule has 0 aromatic carbocycles. The van der Waals surface area contributed by atoms with E-state index >= 15 is 0 Å². The SMILES string of the molecule is CCCCCCCCCCCCCCCCCCCCCC(O)C(CO)NC(=O)CCCCCCCCC/C=C\CCCCCCCCOC(=O)CCCCCCCCCCCCCCC. The van der Waals surface area contributed by atoms with E-state index in [9.17, 15) is 19.8 Å². The lowest BCUT2D eigenvalue weighted by atomic mass is 10.0. The predicted molar refractivity (Wildman–Crippen MR) is 287 cm³/mol. The van der Waals surface area contributed by atoms with Gasteiger partial charge in [-0.3, -0.25) is 9.59 Å². The van der Waals surface area contributed by atoms with Crippen molar-refractivity contribution in [3.05, 3.63) is 12.2 Å². The number of hydrogen-bond acceptors (Lipinski definition) is 5. The summed E-state index contributed by atoms with van der Waals surface area (Å²) in [6.45, 7) is 4.96. The molecule has 0 heterocycles. The van der Waals surface area contributed by atoms with Crippen molar-refractivity contribution in [1.82, 2.24) is 5.32 Å². The van der Waals surface area contributed by atoms with Crippen molar-refractivity contribution in [3.63, 3.8) is 0 Å². The summed E-state index contributed by atoms with van der Waals surface area (Å²) in [5.74, 6) is -0.0432. The molecule has 2 unspecified atom stereocenters. The fraction of sp³-hybridized carbons (Fsp3) is 0.933. The molecule has 6 nitrogen and oxygen atoms in total. The lowest BCUT2D eigenvalue weighted by Gasteiger charge is -2.22. The number of nitrogens with one attached hydrogen (secondary N) is 1. The van der Waals surface area contributed by atoms with Crippen LogP contribution in [0.4, 0.5) is 0 Å². The highest BCUT2D eigenvalue weighted by atomic mass is 16.5. The Morgan fingerprint density at radius 2 is 0.712 bits per heavy atom. The Morgan fingerprint density at radius 1 is 0.409 bits per heavy atom. The smallest absolute Gasteiger partial charge is 0.305 e. The second-order valence-electron chi connectivity index (χ2n) is 20.7. The van der Waals surface area contributed by atoms with E-state index in [4.69, 9.17) is 4.74 Å². The van der Waals surface area contributed by atoms with Gasteiger partial charge in [0.15, 0.2) is 0 Å². The number of ether oxygens (including phenoxy) is 1. The highest BCUT2D eigenvalue weighted by molar-refractivity contribution is 5.76. The van der Waals surface area contributed by atoms with Crippen LogP contribution >= 0.6 is 0 Å². The third-order valence-electron chi connectivity index (χ3n) is 14.1. The summed E-state index contributed by atoms with van der Waals surface area (Å²) in [6, 6.07) is -0.550. The minimum atomic E-state index is -0.672. The van der Waals surface area contributed by atoms with E-state index in [-0.39, 0.29) is 18.5 Å². The molecule has 0 saturated carbocycles. The minimum absolute atomic E-state index is 0.000521. The molecule has 0 fully saturated rings. The molecule has 0 aromatic rings. The first-order valence-electron chi connectivity index (χ1n) is 29.9. The van der Waals surface area contributed by atoms with Gasteiger partial charge >= 0.3 is 5.97 Å². The van der Waals surface area contributed by atoms with E-state index in [1.807, 2.05) is 0 Å². The number of carbonyl (C=O) groups is 2. The summed E-state index contributed by atoms with van der Waals surface area (Å²) >= 11 is 0. The molecule has 0 spiro atoms. The summed E-state index contributed by atoms with van der Waals surface area (Å²) < 4.78 is 5.47. The van der Waals surface area contributed by atoms with E-state index in [0.29, 0.717) is 25.9 Å². The van der Waals surface area contributed by atoms with Gasteiger partial charge in [-0.25, -0.2) is 0 Å². The molecule has 3 N–H and O–H groups in total. The molecular formula is C60H117NO5. The summed E-state index contributed by atoms with van der Waals surface area (Å²) in [5, 5.41) is 23.3. The van der Waals surface area contributed by atoms with Gasteiger partial charge in [0.25, 0.3) is 0 Å². The van der Waals surface area contributed by atoms with Crippen molar-refractivity contribution in [1.29, 1.82) is 0 Å². The van der Waals surface area contributed by atoms with Crippen molar-refractivity contribution < 1.29 is 24.5 Å². The average Bonchev–Trinajstić information content (AvgIpc) is 3.32. The Morgan fingerprint density at radius 3 is 1.08 bits per heavy atom. The van der Waals surface area contributed by atoms with Gasteiger partial charge in [-0.1, -0.05) is 283 Å². The van der Waals surface area contributed by atoms with Gasteiger partial charge in [0.2, 0.25) is 5.91 Å². The highest BCUT2D eigenvalue weighted by Gasteiger charge is 2.20. The Balaban J connectivity index is 3.45. The maximum Gasteiger partial charge on any atom is 0.305 e. The Hall–Kier alpha value is -1.40. The Labute approximate surface area is 412 Å². The maximum atomic E-state index is 12.5. The normalized spacial score (nSPS) is 12.6. The number of amides is 1. The van der Waals surface area contributed by atoms with Crippen LogP contribution in [0.2, 0.25) is 0 Å². The number of carbonyl (C=O) groups excluding carboxylic acids is 2. The molecule has 0 aliphatic carbocycles. The zero-order valence-electron chi connectivity index (χ0n) is 44.7. The largest absolute Gasteiger partial charge is 0.466 e. The first-order chi connectivity index (χ1) is 32.5. The van der Waals surface area contributed by atoms with Gasteiger partial charge in [-0.15, -0.1) is 0 Å². The van der Waals surface area contributed by atoms with Crippen LogP contribution < -0.4 is 5.32 Å². The fourth-order valence-corrected chi connectivity index (χ4v) is 9.46. The molecule has 0 saturated heterocycles. The topological polar surface area (TPSA) is 95.9 Å². The zero-order chi connectivity index (χ0) is 47.9. The van der Waals surface area contributed by atoms with Gasteiger partial charge in [0, 0.05) is 12.8 Å². The van der Waals surface area contributed by atoms with E-state index in [1.165, 1.54) is 250 Å². The van der Waals surface area contributed by atoms with Crippen molar-refractivity contribution in [3.8, 4) is 0 Å². The lowest BCUT2D eigenvalue weighted by Crippen LogP contribution is -2.45. The van der Waals surface area contributed by atoms with Crippen molar-refractivity contribution in [2.45, 2.75) is 347 Å². The summed E-state index contributed by atoms with van der Waals surface area (Å²) in [5.41, 5.74) is 0. The summed E-state index contributed by atoms with van der Waals surface area (Å²) in [6.07, 6.45) is 66.3. The maximum absolute atomic E-state index is 12.5. The van der Waals surface area contributed by atoms with Gasteiger partial charge in [-0.2, -0.15) is 0 Å². The zero-order valence-corrected chi connectivity index (χ0v) is 44.7. The van der Waals surface area contributed by atoms with Gasteiger partial charge in [0.1, 0.15) is 0 Å². The molecule has 6 heteroatoms. The second kappa shape index (κ2) is 56.2. The highest BCUT2D eigenvalue weighted by Crippen LogP contribution is 2.18. The standard InChI is InChI=1S/C60H117NO5/c1-3-5-7-9-11-13-15-17-18-19-20-22-25-29-32-36-40-44-48-52-58(63)57(56-62)61-59(64)53-49-45-41-37-33-30-26-23-21-24-27-31-35-39-43-47-51-55-66-60(65)54-50-46-42-38-34-28-16-14-12-10-8-6-4-2/h21,24,57-58,62-63H,3-20,22-23,25-56H2,1-2H3,(H,61,64)/b24-21-. The van der Waals surface area contributed by atoms with E-state index < -0.39 is 12.1 Å². The molecule has 1 amide bonds. The first kappa shape index (κ1) is 64.6. The number of unbranched alkanes of at least 4 members (excludes halogenated alkanes) is 43. The van der Waals surface area contributed by atoms with Crippen molar-refractivity contribution >= 4 is 11.9 Å². The first-order valence-corrected chi connectivity index (χ1v) is 29.9. The number of hydrogen-bond donors (Lipinski definition) is 3. The van der Waals surface area contributed by atoms with Crippen molar-refractivity contribution in [2.24, 2.45) is 0 Å². The summed E-state index contributed by atoms with van der Waals surface area (Å²) in [4.78, 5) is 24.5. The number of rotatable bonds is 56. The molecule has 2 atom stereocenters. The Kier molecular flexibility index (Phi) is 55.0. The lowest BCUT2D eigenvalue weighted by molar-refractivity contribution is -0.143. The number of esters is 1. The fourth-order valence-electron chi connectivity index (χ4n) is 9.46. The monoisotopic (exact) mass is 932 g/mol. The number of allylic oxidation sites excluding steroid dienone is 2. The van der Waals surface area contributed by atoms with Crippen LogP contribution in [-0.2, 0) is 14.3 Å². The quantitative estimate of drug-likeness (QED) is 0.0321. The van der Waals surface area contributed by atoms with Gasteiger partial charge < -0.3 is 20.3 Å². The van der Waals surface area contributed by atoms with Crippen LogP contribution in [0.3, 0.4) is 0 Å². The van der Waals surface area contributed by atoms with Crippen LogP contribution in [-0.4, -0.2) is 47.4 Å². The molecule has 0 aliphatic rings. The van der Waals surface area contributed by atoms with Crippen molar-refractivity contribution in [2.75, 3.05) is 13.2 Å². The molecule has 0 rings (SSSR count). The average molecular weight is 933 g/mol. The minimum Gasteiger partial charge on any atom is -0.466 e. The molecule has 0 radical (unpaired) electrons. The van der Waals surface area contributed by atoms with Crippen LogP contribution in [0, 0.1) is 0 Å². The van der Waals surface area contributed by atoms with E-state index in [2.05, 4.69) is 31.3 Å². The summed E-state index contributed by atoms with van der Waals surface area (Å²) in [7, 11) is 0. The van der Waals surface area contributed by atoms with E-state index in [0.717, 1.165) is 51.4 Å². The molecular weight excluding hydrogens is 815 g/mol. The molecule has 0 bridgehead atoms. The molecule has 66 heavy (non-hydrogen) atoms. The molecule has 0 aliphatic heterocycles. The van der Waals surface area contributed by atoms with E-state index in [1.54, 1.807) is 0 Å². The number of aliphatic hydroxyl groups is 2.